The van der Waals surface area contributed by atoms with Crippen LogP contribution in [0.1, 0.15) is 13.8 Å². The molecule has 0 aliphatic carbocycles. The smallest absolute Gasteiger partial charge is 0.217 e. The Morgan fingerprint density at radius 3 is 1.88 bits per heavy atom. The minimum atomic E-state index is -2.17. The third-order valence-electron chi connectivity index (χ3n) is 6.83. The predicted molar refractivity (Wildman–Crippen MR) is 123 cm³/mol. The molecule has 3 heterocycles. The molecular weight excluding hydrogens is 551 g/mol. The Morgan fingerprint density at radius 1 is 0.725 bits per heavy atom. The van der Waals surface area contributed by atoms with E-state index in [9.17, 15) is 54.8 Å². The molecule has 10 N–H and O–H groups in total. The Kier molecular flexibility index (Phi) is 11.5. The van der Waals surface area contributed by atoms with Gasteiger partial charge in [-0.3, -0.25) is 9.59 Å². The van der Waals surface area contributed by atoms with Crippen LogP contribution in [0.3, 0.4) is 0 Å². The average molecular weight is 589 g/mol. The van der Waals surface area contributed by atoms with Crippen LogP contribution in [0.4, 0.5) is 4.39 Å². The molecule has 232 valence electrons. The summed E-state index contributed by atoms with van der Waals surface area (Å²) in [5, 5.41) is 86.0. The fraction of sp³-hybridized carbons (Fsp3) is 0.909. The number of carbonyl (C=O) groups is 2. The van der Waals surface area contributed by atoms with Gasteiger partial charge in [-0.05, 0) is 0 Å². The van der Waals surface area contributed by atoms with Gasteiger partial charge in [-0.1, -0.05) is 0 Å². The second kappa shape index (κ2) is 14.0. The molecule has 3 fully saturated rings. The normalized spacial score (nSPS) is 46.0. The summed E-state index contributed by atoms with van der Waals surface area (Å²) in [6.07, 6.45) is -22.3. The molecular formula is C22H37FN2O15. The summed E-state index contributed by atoms with van der Waals surface area (Å²) < 4.78 is 41.3. The monoisotopic (exact) mass is 588 g/mol. The van der Waals surface area contributed by atoms with E-state index in [0.29, 0.717) is 0 Å². The third-order valence-corrected chi connectivity index (χ3v) is 6.83. The lowest BCUT2D eigenvalue weighted by Gasteiger charge is -2.47. The van der Waals surface area contributed by atoms with Crippen molar-refractivity contribution in [2.75, 3.05) is 19.8 Å². The van der Waals surface area contributed by atoms with Crippen LogP contribution in [0.15, 0.2) is 0 Å². The SMILES string of the molecule is CC(=O)N[C@@H]1[C@@H](O[C@@H]2O[C@H](CO)[C@H](F)[C@H](O)[C@H]2O)[C@@H](O)[C@@H](CO[C@@H]2O[C@H](CO)[C@@H](O)[C@H](O)[C@H]2NC(C)=O)O[C@@H]1O. The number of halogens is 1. The van der Waals surface area contributed by atoms with Gasteiger partial charge < -0.3 is 75.2 Å². The van der Waals surface area contributed by atoms with E-state index in [-0.39, 0.29) is 0 Å². The number of hydrogen-bond donors (Lipinski definition) is 10. The topological polar surface area (TPSA) is 266 Å². The van der Waals surface area contributed by atoms with Gasteiger partial charge in [0, 0.05) is 13.8 Å². The zero-order chi connectivity index (χ0) is 29.9. The first-order valence-corrected chi connectivity index (χ1v) is 12.5. The molecule has 17 nitrogen and oxygen atoms in total. The van der Waals surface area contributed by atoms with Crippen molar-refractivity contribution in [3.05, 3.63) is 0 Å². The van der Waals surface area contributed by atoms with E-state index in [1.54, 1.807) is 0 Å². The van der Waals surface area contributed by atoms with Crippen LogP contribution in [0.2, 0.25) is 0 Å². The molecule has 0 aromatic rings. The van der Waals surface area contributed by atoms with E-state index in [2.05, 4.69) is 10.6 Å². The fourth-order valence-electron chi connectivity index (χ4n) is 4.73. The van der Waals surface area contributed by atoms with Crippen molar-refractivity contribution in [3.8, 4) is 0 Å². The molecule has 0 bridgehead atoms. The molecule has 0 saturated carbocycles. The van der Waals surface area contributed by atoms with E-state index >= 15 is 0 Å². The van der Waals surface area contributed by atoms with Crippen molar-refractivity contribution in [1.29, 1.82) is 0 Å². The minimum Gasteiger partial charge on any atom is -0.394 e. The number of hydrogen-bond acceptors (Lipinski definition) is 15. The van der Waals surface area contributed by atoms with Crippen molar-refractivity contribution < 1.29 is 78.5 Å². The first-order chi connectivity index (χ1) is 18.8. The van der Waals surface area contributed by atoms with Crippen LogP contribution in [0, 0.1) is 0 Å². The number of aliphatic hydroxyl groups excluding tert-OH is 8. The van der Waals surface area contributed by atoms with Crippen LogP contribution >= 0.6 is 0 Å². The zero-order valence-electron chi connectivity index (χ0n) is 21.6. The van der Waals surface area contributed by atoms with Crippen LogP contribution in [-0.4, -0.2) is 165 Å². The summed E-state index contributed by atoms with van der Waals surface area (Å²) >= 11 is 0. The van der Waals surface area contributed by atoms with Gasteiger partial charge in [0.25, 0.3) is 0 Å². The number of alkyl halides is 1. The lowest BCUT2D eigenvalue weighted by Crippen LogP contribution is -2.68. The molecule has 0 unspecified atom stereocenters. The second-order valence-corrected chi connectivity index (χ2v) is 9.80. The number of rotatable bonds is 9. The molecule has 15 atom stereocenters. The van der Waals surface area contributed by atoms with E-state index in [0.717, 1.165) is 13.8 Å². The summed E-state index contributed by atoms with van der Waals surface area (Å²) in [7, 11) is 0. The van der Waals surface area contributed by atoms with Gasteiger partial charge in [-0.25, -0.2) is 4.39 Å². The van der Waals surface area contributed by atoms with Crippen molar-refractivity contribution in [1.82, 2.24) is 10.6 Å². The molecule has 0 radical (unpaired) electrons. The molecule has 3 saturated heterocycles. The number of nitrogens with one attached hydrogen (secondary N) is 2. The molecule has 3 aliphatic heterocycles. The first kappa shape index (κ1) is 32.9. The van der Waals surface area contributed by atoms with E-state index in [1.807, 2.05) is 0 Å². The Bertz CT molecular complexity index is 857. The lowest BCUT2D eigenvalue weighted by atomic mass is 9.95. The predicted octanol–water partition coefficient (Wildman–Crippen LogP) is -6.31. The van der Waals surface area contributed by atoms with Gasteiger partial charge >= 0.3 is 0 Å². The highest BCUT2D eigenvalue weighted by Crippen LogP contribution is 2.30. The summed E-state index contributed by atoms with van der Waals surface area (Å²) in [5.74, 6) is -1.29. The highest BCUT2D eigenvalue weighted by Gasteiger charge is 2.52. The van der Waals surface area contributed by atoms with Crippen LogP contribution in [0.25, 0.3) is 0 Å². The first-order valence-electron chi connectivity index (χ1n) is 12.5. The number of ether oxygens (including phenoxy) is 5. The summed E-state index contributed by atoms with van der Waals surface area (Å²) in [6.45, 7) is 0.00561. The van der Waals surface area contributed by atoms with Crippen LogP contribution < -0.4 is 10.6 Å². The summed E-state index contributed by atoms with van der Waals surface area (Å²) in [5.41, 5.74) is 0. The van der Waals surface area contributed by atoms with Gasteiger partial charge in [0.2, 0.25) is 11.8 Å². The molecule has 2 amide bonds. The second-order valence-electron chi connectivity index (χ2n) is 9.80. The molecule has 3 rings (SSSR count). The van der Waals surface area contributed by atoms with Gasteiger partial charge in [-0.15, -0.1) is 0 Å². The fourth-order valence-corrected chi connectivity index (χ4v) is 4.73. The van der Waals surface area contributed by atoms with Crippen molar-refractivity contribution in [2.45, 2.75) is 106 Å². The van der Waals surface area contributed by atoms with E-state index in [4.69, 9.17) is 23.7 Å². The Hall–Kier alpha value is -1.65. The zero-order valence-corrected chi connectivity index (χ0v) is 21.6. The molecule has 0 aromatic heterocycles. The highest BCUT2D eigenvalue weighted by atomic mass is 19.1. The Morgan fingerprint density at radius 2 is 1.30 bits per heavy atom. The number of carbonyl (C=O) groups excluding carboxylic acids is 2. The number of amides is 2. The van der Waals surface area contributed by atoms with Crippen LogP contribution in [0.5, 0.6) is 0 Å². The molecule has 0 spiro atoms. The lowest BCUT2D eigenvalue weighted by molar-refractivity contribution is -0.341. The third kappa shape index (κ3) is 7.21. The van der Waals surface area contributed by atoms with Crippen molar-refractivity contribution >= 4 is 11.8 Å². The average Bonchev–Trinajstić information content (AvgIpc) is 2.90. The molecule has 3 aliphatic rings. The molecule has 18 heteroatoms. The van der Waals surface area contributed by atoms with Crippen molar-refractivity contribution in [2.24, 2.45) is 0 Å². The van der Waals surface area contributed by atoms with E-state index < -0.39 is 124 Å². The maximum absolute atomic E-state index is 14.2. The van der Waals surface area contributed by atoms with Gasteiger partial charge in [-0.2, -0.15) is 0 Å². The van der Waals surface area contributed by atoms with Gasteiger partial charge in [0.15, 0.2) is 25.0 Å². The highest BCUT2D eigenvalue weighted by molar-refractivity contribution is 5.73. The Labute approximate surface area is 227 Å². The van der Waals surface area contributed by atoms with Gasteiger partial charge in [0.1, 0.15) is 67.0 Å². The largest absolute Gasteiger partial charge is 0.394 e. The Balaban J connectivity index is 1.78. The maximum Gasteiger partial charge on any atom is 0.217 e. The van der Waals surface area contributed by atoms with Crippen molar-refractivity contribution in [3.63, 3.8) is 0 Å². The van der Waals surface area contributed by atoms with E-state index in [1.165, 1.54) is 0 Å². The number of aliphatic hydroxyl groups is 8. The maximum atomic E-state index is 14.2. The quantitative estimate of drug-likeness (QED) is 0.120. The summed E-state index contributed by atoms with van der Waals surface area (Å²) in [4.78, 5) is 23.4. The standard InChI is InChI=1S/C22H37FN2O15/c1-6(28)24-12-17(33)14(30)9(4-27)39-21(12)36-5-10-15(31)19(13(20(35)37-10)25-7(2)29)40-22-18(34)16(32)11(23)8(3-26)38-22/h8-22,26-27,30-35H,3-5H2,1-2H3,(H,24,28)(H,25,29)/t8-,9-,10-,11+,12-,13-,14-,15+,16+,17-,18-,19-,20+,21-,22+/m1/s1. The molecule has 40 heavy (non-hydrogen) atoms. The summed E-state index contributed by atoms with van der Waals surface area (Å²) in [6, 6.07) is -2.79. The van der Waals surface area contributed by atoms with Crippen LogP contribution in [-0.2, 0) is 33.3 Å². The minimum absolute atomic E-state index is 0.614. The molecule has 0 aromatic carbocycles. The van der Waals surface area contributed by atoms with Gasteiger partial charge in [0.05, 0.1) is 19.8 Å².